The summed E-state index contributed by atoms with van der Waals surface area (Å²) in [5, 5.41) is 0. The second kappa shape index (κ2) is 5.76. The Bertz CT molecular complexity index is 398. The molecular formula is C9H14N4O2S2. The Kier molecular flexibility index (Phi) is 4.32. The van der Waals surface area contributed by atoms with Gasteiger partial charge >= 0.3 is 0 Å². The van der Waals surface area contributed by atoms with Gasteiger partial charge < -0.3 is 4.74 Å². The van der Waals surface area contributed by atoms with Gasteiger partial charge in [-0.05, 0) is 31.3 Å². The molecule has 1 amide bonds. The van der Waals surface area contributed by atoms with E-state index in [0.29, 0.717) is 0 Å². The maximum Gasteiger partial charge on any atom is 0.263 e. The first-order chi connectivity index (χ1) is 8.19. The summed E-state index contributed by atoms with van der Waals surface area (Å²) < 4.78 is 10.6. The molecule has 1 aromatic heterocycles. The molecule has 1 saturated heterocycles. The molecule has 6 nitrogen and oxygen atoms in total. The Hall–Kier alpha value is -0.700. The standard InChI is InChI=1S/C9H14N4O2S2/c1-5-11-9(17-13-5)16-4-6-2-3-7(15-6)8(14)12-10/h6-7H,2-4,10H2,1H3,(H,12,14). The molecule has 1 aliphatic heterocycles. The predicted octanol–water partition coefficient (Wildman–Crippen LogP) is 0.476. The van der Waals surface area contributed by atoms with Crippen LogP contribution in [0.3, 0.4) is 0 Å². The van der Waals surface area contributed by atoms with Crippen molar-refractivity contribution < 1.29 is 9.53 Å². The molecule has 1 aromatic rings. The zero-order chi connectivity index (χ0) is 12.3. The van der Waals surface area contributed by atoms with Gasteiger partial charge in [-0.2, -0.15) is 4.37 Å². The summed E-state index contributed by atoms with van der Waals surface area (Å²) in [6.07, 6.45) is 1.29. The van der Waals surface area contributed by atoms with Crippen LogP contribution in [-0.2, 0) is 9.53 Å². The molecule has 0 aliphatic carbocycles. The van der Waals surface area contributed by atoms with Crippen molar-refractivity contribution in [2.75, 3.05) is 5.75 Å². The number of ether oxygens (including phenoxy) is 1. The lowest BCUT2D eigenvalue weighted by Crippen LogP contribution is -2.39. The number of hydrogen-bond donors (Lipinski definition) is 2. The van der Waals surface area contributed by atoms with Gasteiger partial charge in [0, 0.05) is 5.75 Å². The molecule has 2 rings (SSSR count). The fourth-order valence-electron chi connectivity index (χ4n) is 1.62. The third-order valence-electron chi connectivity index (χ3n) is 2.44. The average Bonchev–Trinajstić information content (AvgIpc) is 2.94. The molecule has 8 heteroatoms. The maximum atomic E-state index is 11.2. The normalized spacial score (nSPS) is 23.9. The highest BCUT2D eigenvalue weighted by atomic mass is 32.2. The number of nitrogens with zero attached hydrogens (tertiary/aromatic N) is 2. The van der Waals surface area contributed by atoms with E-state index in [1.54, 1.807) is 11.8 Å². The van der Waals surface area contributed by atoms with Gasteiger partial charge in [-0.1, -0.05) is 11.8 Å². The Labute approximate surface area is 107 Å². The van der Waals surface area contributed by atoms with Crippen molar-refractivity contribution in [3.8, 4) is 0 Å². The molecule has 0 bridgehead atoms. The van der Waals surface area contributed by atoms with E-state index < -0.39 is 6.10 Å². The van der Waals surface area contributed by atoms with Crippen LogP contribution >= 0.6 is 23.3 Å². The zero-order valence-electron chi connectivity index (χ0n) is 9.38. The van der Waals surface area contributed by atoms with Crippen LogP contribution in [-0.4, -0.2) is 33.2 Å². The Morgan fingerprint density at radius 2 is 2.53 bits per heavy atom. The molecule has 17 heavy (non-hydrogen) atoms. The molecule has 0 saturated carbocycles. The summed E-state index contributed by atoms with van der Waals surface area (Å²) in [7, 11) is 0. The Morgan fingerprint density at radius 1 is 1.71 bits per heavy atom. The van der Waals surface area contributed by atoms with E-state index in [1.165, 1.54) is 11.5 Å². The average molecular weight is 274 g/mol. The number of nitrogens with two attached hydrogens (primary N) is 1. The topological polar surface area (TPSA) is 90.1 Å². The van der Waals surface area contributed by atoms with Crippen LogP contribution in [0, 0.1) is 6.92 Å². The highest BCUT2D eigenvalue weighted by Crippen LogP contribution is 2.27. The maximum absolute atomic E-state index is 11.2. The second-order valence-corrected chi connectivity index (χ2v) is 5.77. The van der Waals surface area contributed by atoms with E-state index in [2.05, 4.69) is 14.8 Å². The molecule has 0 spiro atoms. The minimum atomic E-state index is -0.401. The number of carbonyl (C=O) groups is 1. The monoisotopic (exact) mass is 274 g/mol. The number of hydrogen-bond acceptors (Lipinski definition) is 7. The van der Waals surface area contributed by atoms with E-state index in [1.807, 2.05) is 6.92 Å². The van der Waals surface area contributed by atoms with Crippen molar-refractivity contribution in [3.63, 3.8) is 0 Å². The molecule has 94 valence electrons. The van der Waals surface area contributed by atoms with E-state index >= 15 is 0 Å². The van der Waals surface area contributed by atoms with E-state index in [0.717, 1.165) is 28.8 Å². The van der Waals surface area contributed by atoms with Crippen molar-refractivity contribution in [2.45, 2.75) is 36.3 Å². The molecule has 0 radical (unpaired) electrons. The van der Waals surface area contributed by atoms with Gasteiger partial charge in [0.05, 0.1) is 6.10 Å². The second-order valence-electron chi connectivity index (χ2n) is 3.75. The van der Waals surface area contributed by atoms with Gasteiger partial charge in [-0.3, -0.25) is 10.2 Å². The van der Waals surface area contributed by atoms with Crippen LogP contribution in [0.2, 0.25) is 0 Å². The largest absolute Gasteiger partial charge is 0.364 e. The van der Waals surface area contributed by atoms with Crippen LogP contribution in [0.5, 0.6) is 0 Å². The van der Waals surface area contributed by atoms with Gasteiger partial charge in [-0.15, -0.1) is 0 Å². The van der Waals surface area contributed by atoms with Crippen LogP contribution in [0.15, 0.2) is 4.34 Å². The summed E-state index contributed by atoms with van der Waals surface area (Å²) in [5.41, 5.74) is 2.11. The number of aromatic nitrogens is 2. The van der Waals surface area contributed by atoms with Crippen LogP contribution in [0.25, 0.3) is 0 Å². The summed E-state index contributed by atoms with van der Waals surface area (Å²) in [6, 6.07) is 0. The fourth-order valence-corrected chi connectivity index (χ4v) is 3.34. The summed E-state index contributed by atoms with van der Waals surface area (Å²) in [4.78, 5) is 15.5. The lowest BCUT2D eigenvalue weighted by atomic mass is 10.2. The number of hydrazine groups is 1. The van der Waals surface area contributed by atoms with Crippen molar-refractivity contribution >= 4 is 29.2 Å². The summed E-state index contributed by atoms with van der Waals surface area (Å²) >= 11 is 3.01. The highest BCUT2D eigenvalue weighted by molar-refractivity contribution is 8.00. The minimum Gasteiger partial charge on any atom is -0.364 e. The molecule has 1 aliphatic rings. The lowest BCUT2D eigenvalue weighted by Gasteiger charge is -2.11. The lowest BCUT2D eigenvalue weighted by molar-refractivity contribution is -0.131. The van der Waals surface area contributed by atoms with E-state index in [4.69, 9.17) is 10.6 Å². The minimum absolute atomic E-state index is 0.0894. The van der Waals surface area contributed by atoms with Crippen LogP contribution in [0.4, 0.5) is 0 Å². The molecule has 2 unspecified atom stereocenters. The molecule has 1 fully saturated rings. The number of thioether (sulfide) groups is 1. The van der Waals surface area contributed by atoms with Crippen molar-refractivity contribution in [2.24, 2.45) is 5.84 Å². The molecular weight excluding hydrogens is 260 g/mol. The zero-order valence-corrected chi connectivity index (χ0v) is 11.0. The quantitative estimate of drug-likeness (QED) is 0.359. The van der Waals surface area contributed by atoms with Gasteiger partial charge in [0.2, 0.25) is 0 Å². The van der Waals surface area contributed by atoms with Crippen LogP contribution < -0.4 is 11.3 Å². The Morgan fingerprint density at radius 3 is 3.18 bits per heavy atom. The number of rotatable bonds is 4. The van der Waals surface area contributed by atoms with Crippen molar-refractivity contribution in [1.82, 2.24) is 14.8 Å². The molecule has 0 aromatic carbocycles. The first kappa shape index (κ1) is 12.7. The number of aryl methyl sites for hydroxylation is 1. The number of nitrogens with one attached hydrogen (secondary N) is 1. The molecule has 3 N–H and O–H groups in total. The number of amides is 1. The SMILES string of the molecule is Cc1nsc(SCC2CCC(C(=O)NN)O2)n1. The van der Waals surface area contributed by atoms with Gasteiger partial charge in [0.1, 0.15) is 11.9 Å². The highest BCUT2D eigenvalue weighted by Gasteiger charge is 2.30. The molecule has 2 atom stereocenters. The third kappa shape index (κ3) is 3.38. The Balaban J connectivity index is 1.76. The van der Waals surface area contributed by atoms with E-state index in [-0.39, 0.29) is 12.0 Å². The third-order valence-corrected chi connectivity index (χ3v) is 4.50. The first-order valence-corrected chi connectivity index (χ1v) is 7.04. The summed E-state index contributed by atoms with van der Waals surface area (Å²) in [6.45, 7) is 1.87. The van der Waals surface area contributed by atoms with Gasteiger partial charge in [0.15, 0.2) is 4.34 Å². The summed E-state index contributed by atoms with van der Waals surface area (Å²) in [5.74, 6) is 6.41. The first-order valence-electron chi connectivity index (χ1n) is 5.28. The fraction of sp³-hybridized carbons (Fsp3) is 0.667. The predicted molar refractivity (Wildman–Crippen MR) is 65.6 cm³/mol. The molecule has 2 heterocycles. The van der Waals surface area contributed by atoms with E-state index in [9.17, 15) is 4.79 Å². The number of carbonyl (C=O) groups excluding carboxylic acids is 1. The van der Waals surface area contributed by atoms with Gasteiger partial charge in [-0.25, -0.2) is 10.8 Å². The van der Waals surface area contributed by atoms with Crippen molar-refractivity contribution in [1.29, 1.82) is 0 Å². The van der Waals surface area contributed by atoms with Crippen LogP contribution in [0.1, 0.15) is 18.7 Å². The van der Waals surface area contributed by atoms with Gasteiger partial charge in [0.25, 0.3) is 5.91 Å². The van der Waals surface area contributed by atoms with Crippen molar-refractivity contribution in [3.05, 3.63) is 5.82 Å². The smallest absolute Gasteiger partial charge is 0.263 e.